The maximum Gasteiger partial charge on any atom is 0.323 e. The number of carbonyl (C=O) groups is 2. The van der Waals surface area contributed by atoms with E-state index in [-0.39, 0.29) is 18.0 Å². The molecule has 12 nitrogen and oxygen atoms in total. The normalized spacial score (nSPS) is 14.6. The first kappa shape index (κ1) is 34.3. The second-order valence-corrected chi connectivity index (χ2v) is 12.5. The molecular weight excluding hydrogens is 628 g/mol. The molecule has 50 heavy (non-hydrogen) atoms. The molecule has 0 saturated carbocycles. The van der Waals surface area contributed by atoms with Crippen LogP contribution >= 0.6 is 0 Å². The minimum atomic E-state index is -0.335. The van der Waals surface area contributed by atoms with Gasteiger partial charge in [0.2, 0.25) is 5.91 Å². The summed E-state index contributed by atoms with van der Waals surface area (Å²) in [5.74, 6) is 1.30. The van der Waals surface area contributed by atoms with E-state index in [2.05, 4.69) is 68.0 Å². The predicted octanol–water partition coefficient (Wildman–Crippen LogP) is 7.12. The van der Waals surface area contributed by atoms with Gasteiger partial charge in [-0.2, -0.15) is 5.10 Å². The lowest BCUT2D eigenvalue weighted by Gasteiger charge is -2.33. The Morgan fingerprint density at radius 3 is 2.24 bits per heavy atom. The maximum absolute atomic E-state index is 12.6. The highest BCUT2D eigenvalue weighted by Crippen LogP contribution is 2.32. The SMILES string of the molecule is C=CC(=O)Nc1ccc(CN2CCCC(n3ncc4c(N(CCC)CCC)nc(-c5ccc(NC(=O)Nc6ccncc6)cc5)nc43)C2)cc1. The number of hydrogen-bond acceptors (Lipinski definition) is 8. The number of nitrogens with zero attached hydrogens (tertiary/aromatic N) is 7. The fraction of sp³-hybridized carbons (Fsp3) is 0.316. The highest BCUT2D eigenvalue weighted by molar-refractivity contribution is 6.00. The summed E-state index contributed by atoms with van der Waals surface area (Å²) in [7, 11) is 0. The molecule has 1 saturated heterocycles. The van der Waals surface area contributed by atoms with E-state index in [0.717, 1.165) is 86.5 Å². The Morgan fingerprint density at radius 1 is 0.900 bits per heavy atom. The summed E-state index contributed by atoms with van der Waals surface area (Å²) >= 11 is 0. The minimum absolute atomic E-state index is 0.152. The number of carbonyl (C=O) groups excluding carboxylic acids is 2. The zero-order chi connectivity index (χ0) is 34.9. The number of hydrogen-bond donors (Lipinski definition) is 3. The van der Waals surface area contributed by atoms with E-state index in [1.165, 1.54) is 11.6 Å². The second-order valence-electron chi connectivity index (χ2n) is 12.5. The van der Waals surface area contributed by atoms with Crippen molar-refractivity contribution in [2.24, 2.45) is 0 Å². The minimum Gasteiger partial charge on any atom is -0.356 e. The topological polar surface area (TPSA) is 133 Å². The van der Waals surface area contributed by atoms with Gasteiger partial charge >= 0.3 is 6.03 Å². The fourth-order valence-electron chi connectivity index (χ4n) is 6.36. The molecule has 6 rings (SSSR count). The Balaban J connectivity index is 1.25. The average Bonchev–Trinajstić information content (AvgIpc) is 3.57. The fourth-order valence-corrected chi connectivity index (χ4v) is 6.36. The number of aromatic nitrogens is 5. The summed E-state index contributed by atoms with van der Waals surface area (Å²) in [6.07, 6.45) is 10.5. The van der Waals surface area contributed by atoms with Gasteiger partial charge in [-0.15, -0.1) is 0 Å². The van der Waals surface area contributed by atoms with Gasteiger partial charge < -0.3 is 20.9 Å². The van der Waals surface area contributed by atoms with Crippen LogP contribution in [0.1, 0.15) is 51.1 Å². The molecule has 0 aliphatic carbocycles. The Bertz CT molecular complexity index is 1900. The number of benzene rings is 2. The highest BCUT2D eigenvalue weighted by atomic mass is 16.2. The summed E-state index contributed by atoms with van der Waals surface area (Å²) < 4.78 is 2.10. The number of nitrogens with one attached hydrogen (secondary N) is 3. The third-order valence-corrected chi connectivity index (χ3v) is 8.70. The maximum atomic E-state index is 12.6. The first-order chi connectivity index (χ1) is 24.4. The van der Waals surface area contributed by atoms with Crippen LogP contribution in [0.15, 0.2) is 91.9 Å². The monoisotopic (exact) mass is 672 g/mol. The number of pyridine rings is 1. The Hall–Kier alpha value is -5.62. The molecule has 2 aromatic carbocycles. The Morgan fingerprint density at radius 2 is 1.56 bits per heavy atom. The van der Waals surface area contributed by atoms with Crippen molar-refractivity contribution in [2.45, 2.75) is 52.1 Å². The third kappa shape index (κ3) is 8.32. The van der Waals surface area contributed by atoms with E-state index in [0.29, 0.717) is 17.2 Å². The van der Waals surface area contributed by atoms with Crippen LogP contribution in [0, 0.1) is 0 Å². The number of piperidine rings is 1. The van der Waals surface area contributed by atoms with Crippen molar-refractivity contribution < 1.29 is 9.59 Å². The van der Waals surface area contributed by atoms with Gasteiger partial charge in [0.25, 0.3) is 0 Å². The van der Waals surface area contributed by atoms with Crippen molar-refractivity contribution in [1.82, 2.24) is 29.6 Å². The van der Waals surface area contributed by atoms with Gasteiger partial charge in [0, 0.05) is 61.2 Å². The Labute approximate surface area is 292 Å². The van der Waals surface area contributed by atoms with Crippen LogP contribution in [0.2, 0.25) is 0 Å². The lowest BCUT2D eigenvalue weighted by molar-refractivity contribution is -0.111. The molecule has 5 aromatic rings. The molecule has 3 aromatic heterocycles. The van der Waals surface area contributed by atoms with Gasteiger partial charge in [-0.1, -0.05) is 32.6 Å². The van der Waals surface area contributed by atoms with Gasteiger partial charge in [0.15, 0.2) is 11.5 Å². The first-order valence-electron chi connectivity index (χ1n) is 17.3. The van der Waals surface area contributed by atoms with Crippen LogP contribution < -0.4 is 20.9 Å². The van der Waals surface area contributed by atoms with E-state index in [4.69, 9.17) is 15.1 Å². The summed E-state index contributed by atoms with van der Waals surface area (Å²) in [4.78, 5) is 43.3. The number of likely N-dealkylation sites (tertiary alicyclic amines) is 1. The van der Waals surface area contributed by atoms with Crippen molar-refractivity contribution in [3.05, 3.63) is 97.5 Å². The molecule has 0 spiro atoms. The largest absolute Gasteiger partial charge is 0.356 e. The number of amides is 3. The lowest BCUT2D eigenvalue weighted by atomic mass is 10.0. The molecule has 258 valence electrons. The van der Waals surface area contributed by atoms with Gasteiger partial charge in [-0.05, 0) is 92.4 Å². The molecule has 12 heteroatoms. The van der Waals surface area contributed by atoms with Crippen LogP contribution in [-0.2, 0) is 11.3 Å². The van der Waals surface area contributed by atoms with Crippen molar-refractivity contribution in [3.8, 4) is 11.4 Å². The molecule has 0 bridgehead atoms. The summed E-state index contributed by atoms with van der Waals surface area (Å²) in [5.41, 5.74) is 4.93. The molecule has 1 aliphatic rings. The van der Waals surface area contributed by atoms with Gasteiger partial charge in [-0.3, -0.25) is 14.7 Å². The van der Waals surface area contributed by atoms with Crippen LogP contribution in [0.4, 0.5) is 27.7 Å². The van der Waals surface area contributed by atoms with E-state index in [1.807, 2.05) is 42.6 Å². The van der Waals surface area contributed by atoms with E-state index >= 15 is 0 Å². The molecule has 1 fully saturated rings. The molecule has 1 atom stereocenters. The lowest BCUT2D eigenvalue weighted by Crippen LogP contribution is -2.36. The van der Waals surface area contributed by atoms with Crippen molar-refractivity contribution in [2.75, 3.05) is 47.0 Å². The van der Waals surface area contributed by atoms with Crippen LogP contribution in [0.25, 0.3) is 22.4 Å². The standard InChI is InChI=1S/C38H44N10O2/c1-4-21-47(22-5-2)36-33-24-40-48(32-8-7-23-46(26-32)25-27-9-13-29(14-10-27)41-34(49)6-3)37(33)45-35(44-36)28-11-15-30(16-12-28)42-38(50)43-31-17-19-39-20-18-31/h6,9-20,24,32H,3-5,7-8,21-23,25-26H2,1-2H3,(H,41,49)(H2,39,42,43,50). The van der Waals surface area contributed by atoms with Gasteiger partial charge in [0.1, 0.15) is 5.82 Å². The van der Waals surface area contributed by atoms with E-state index < -0.39 is 0 Å². The van der Waals surface area contributed by atoms with Crippen LogP contribution in [0.3, 0.4) is 0 Å². The van der Waals surface area contributed by atoms with E-state index in [9.17, 15) is 9.59 Å². The van der Waals surface area contributed by atoms with Crippen molar-refractivity contribution in [1.29, 1.82) is 0 Å². The molecule has 3 N–H and O–H groups in total. The zero-order valence-corrected chi connectivity index (χ0v) is 28.7. The highest BCUT2D eigenvalue weighted by Gasteiger charge is 2.26. The number of fused-ring (bicyclic) bond motifs is 1. The molecular formula is C38H44N10O2. The van der Waals surface area contributed by atoms with Crippen LogP contribution in [0.5, 0.6) is 0 Å². The molecule has 4 heterocycles. The van der Waals surface area contributed by atoms with Crippen molar-refractivity contribution in [3.63, 3.8) is 0 Å². The summed E-state index contributed by atoms with van der Waals surface area (Å²) in [6.45, 7) is 12.3. The molecule has 3 amide bonds. The summed E-state index contributed by atoms with van der Waals surface area (Å²) in [5, 5.41) is 14.4. The Kier molecular flexibility index (Phi) is 11.1. The predicted molar refractivity (Wildman–Crippen MR) is 199 cm³/mol. The third-order valence-electron chi connectivity index (χ3n) is 8.70. The average molecular weight is 673 g/mol. The van der Waals surface area contributed by atoms with Gasteiger partial charge in [-0.25, -0.2) is 19.4 Å². The molecule has 0 radical (unpaired) electrons. The van der Waals surface area contributed by atoms with E-state index in [1.54, 1.807) is 24.5 Å². The molecule has 1 unspecified atom stereocenters. The summed E-state index contributed by atoms with van der Waals surface area (Å²) in [6, 6.07) is 18.9. The van der Waals surface area contributed by atoms with Crippen LogP contribution in [-0.4, -0.2) is 67.7 Å². The van der Waals surface area contributed by atoms with Gasteiger partial charge in [0.05, 0.1) is 17.6 Å². The number of rotatable bonds is 13. The number of urea groups is 1. The first-order valence-corrected chi connectivity index (χ1v) is 17.3. The smallest absolute Gasteiger partial charge is 0.323 e. The number of anilines is 4. The molecule has 1 aliphatic heterocycles. The van der Waals surface area contributed by atoms with Crippen molar-refractivity contribution >= 4 is 45.9 Å². The quantitative estimate of drug-likeness (QED) is 0.113. The zero-order valence-electron chi connectivity index (χ0n) is 28.7. The second kappa shape index (κ2) is 16.2.